The number of sulfone groups is 1. The van der Waals surface area contributed by atoms with Crippen molar-refractivity contribution in [3.63, 3.8) is 0 Å². The SMILES string of the molecule is COc1ccc(NC(CC2CCOCC2)C(=O)Nc2ccn(C)n2)c(C=N)c1S(=O)(=O)C1CC1. The van der Waals surface area contributed by atoms with E-state index in [0.717, 1.165) is 19.1 Å². The topological polar surface area (TPSA) is 135 Å². The Balaban J connectivity index is 1.66. The maximum absolute atomic E-state index is 13.3. The Kier molecular flexibility index (Phi) is 7.22. The van der Waals surface area contributed by atoms with E-state index in [1.807, 2.05) is 0 Å². The van der Waals surface area contributed by atoms with Gasteiger partial charge in [-0.3, -0.25) is 9.48 Å². The molecule has 11 heteroatoms. The van der Waals surface area contributed by atoms with Gasteiger partial charge < -0.3 is 25.5 Å². The Bertz CT molecular complexity index is 1150. The third-order valence-electron chi connectivity index (χ3n) is 6.29. The van der Waals surface area contributed by atoms with Gasteiger partial charge in [-0.05, 0) is 50.2 Å². The first kappa shape index (κ1) is 24.2. The lowest BCUT2D eigenvalue weighted by molar-refractivity contribution is -0.117. The zero-order valence-corrected chi connectivity index (χ0v) is 20.2. The predicted molar refractivity (Wildman–Crippen MR) is 128 cm³/mol. The third-order valence-corrected chi connectivity index (χ3v) is 8.63. The van der Waals surface area contributed by atoms with E-state index in [4.69, 9.17) is 14.9 Å². The molecule has 1 unspecified atom stereocenters. The van der Waals surface area contributed by atoms with Gasteiger partial charge in [-0.1, -0.05) is 0 Å². The fourth-order valence-corrected chi connectivity index (χ4v) is 6.27. The van der Waals surface area contributed by atoms with Crippen molar-refractivity contribution in [3.05, 3.63) is 30.0 Å². The Morgan fingerprint density at radius 3 is 2.62 bits per heavy atom. The molecular weight excluding hydrogens is 458 g/mol. The molecule has 1 amide bonds. The maximum atomic E-state index is 13.3. The number of methoxy groups -OCH3 is 1. The zero-order valence-electron chi connectivity index (χ0n) is 19.4. The minimum absolute atomic E-state index is 0.00690. The molecule has 2 fully saturated rings. The summed E-state index contributed by atoms with van der Waals surface area (Å²) in [6, 6.07) is 4.29. The first-order chi connectivity index (χ1) is 16.3. The summed E-state index contributed by atoms with van der Waals surface area (Å²) in [5.74, 6) is 0.640. The van der Waals surface area contributed by atoms with Crippen LogP contribution in [0.3, 0.4) is 0 Å². The molecular formula is C23H31N5O5S. The van der Waals surface area contributed by atoms with E-state index in [-0.39, 0.29) is 28.0 Å². The number of aromatic nitrogens is 2. The van der Waals surface area contributed by atoms with Crippen LogP contribution in [0.15, 0.2) is 29.3 Å². The number of nitrogens with one attached hydrogen (secondary N) is 3. The number of hydrogen-bond donors (Lipinski definition) is 3. The summed E-state index contributed by atoms with van der Waals surface area (Å²) in [7, 11) is -0.469. The number of benzene rings is 1. The van der Waals surface area contributed by atoms with E-state index < -0.39 is 21.1 Å². The summed E-state index contributed by atoms with van der Waals surface area (Å²) in [6.45, 7) is 1.30. The van der Waals surface area contributed by atoms with Crippen molar-refractivity contribution in [1.82, 2.24) is 9.78 Å². The summed E-state index contributed by atoms with van der Waals surface area (Å²) < 4.78 is 38.7. The van der Waals surface area contributed by atoms with Crippen LogP contribution < -0.4 is 15.4 Å². The number of nitrogens with zero attached hydrogens (tertiary/aromatic N) is 2. The number of aryl methyl sites for hydroxylation is 1. The molecule has 0 radical (unpaired) electrons. The molecule has 1 saturated carbocycles. The number of rotatable bonds is 10. The van der Waals surface area contributed by atoms with Crippen LogP contribution in [0.4, 0.5) is 11.5 Å². The highest BCUT2D eigenvalue weighted by Gasteiger charge is 2.40. The van der Waals surface area contributed by atoms with Crippen molar-refractivity contribution in [3.8, 4) is 5.75 Å². The van der Waals surface area contributed by atoms with E-state index in [1.165, 1.54) is 7.11 Å². The second kappa shape index (κ2) is 10.1. The van der Waals surface area contributed by atoms with Gasteiger partial charge in [0.2, 0.25) is 5.91 Å². The number of amides is 1. The van der Waals surface area contributed by atoms with Gasteiger partial charge in [-0.2, -0.15) is 5.10 Å². The van der Waals surface area contributed by atoms with E-state index in [0.29, 0.717) is 44.0 Å². The maximum Gasteiger partial charge on any atom is 0.248 e. The molecule has 2 aromatic rings. The monoisotopic (exact) mass is 489 g/mol. The van der Waals surface area contributed by atoms with Gasteiger partial charge in [0.15, 0.2) is 15.7 Å². The quantitative estimate of drug-likeness (QED) is 0.437. The van der Waals surface area contributed by atoms with Crippen molar-refractivity contribution in [2.24, 2.45) is 13.0 Å². The van der Waals surface area contributed by atoms with Gasteiger partial charge in [-0.25, -0.2) is 8.42 Å². The van der Waals surface area contributed by atoms with Gasteiger partial charge in [-0.15, -0.1) is 0 Å². The van der Waals surface area contributed by atoms with Crippen LogP contribution in [0, 0.1) is 11.3 Å². The minimum Gasteiger partial charge on any atom is -0.495 e. The lowest BCUT2D eigenvalue weighted by Crippen LogP contribution is -2.38. The van der Waals surface area contributed by atoms with Gasteiger partial charge in [0.1, 0.15) is 16.7 Å². The standard InChI is InChI=1S/C23H31N5O5S/c1-28-10-7-21(27-28)26-23(29)19(13-15-8-11-33-12-9-15)25-18-5-6-20(32-2)22(17(18)14-24)34(30,31)16-3-4-16/h5-7,10,14-16,19,24-25H,3-4,8-9,11-13H2,1-2H3,(H,26,27,29). The smallest absolute Gasteiger partial charge is 0.248 e. The average molecular weight is 490 g/mol. The first-order valence-electron chi connectivity index (χ1n) is 11.4. The zero-order chi connectivity index (χ0) is 24.3. The van der Waals surface area contributed by atoms with E-state index >= 15 is 0 Å². The highest BCUT2D eigenvalue weighted by molar-refractivity contribution is 7.92. The van der Waals surface area contributed by atoms with Crippen LogP contribution >= 0.6 is 0 Å². The van der Waals surface area contributed by atoms with Crippen molar-refractivity contribution in [2.45, 2.75) is 48.3 Å². The molecule has 1 aliphatic heterocycles. The molecule has 4 rings (SSSR count). The number of ether oxygens (including phenoxy) is 2. The first-order valence-corrected chi connectivity index (χ1v) is 13.0. The Labute approximate surface area is 199 Å². The third kappa shape index (κ3) is 5.25. The second-order valence-electron chi connectivity index (χ2n) is 8.80. The highest BCUT2D eigenvalue weighted by Crippen LogP contribution is 2.41. The van der Waals surface area contributed by atoms with Crippen LogP contribution in [-0.2, 0) is 26.4 Å². The summed E-state index contributed by atoms with van der Waals surface area (Å²) in [4.78, 5) is 13.3. The molecule has 1 saturated heterocycles. The van der Waals surface area contributed by atoms with Crippen molar-refractivity contribution in [1.29, 1.82) is 5.41 Å². The largest absolute Gasteiger partial charge is 0.495 e. The van der Waals surface area contributed by atoms with E-state index in [1.54, 1.807) is 36.1 Å². The molecule has 2 aliphatic rings. The fraction of sp³-hybridized carbons (Fsp3) is 0.522. The van der Waals surface area contributed by atoms with Crippen LogP contribution in [-0.4, -0.2) is 61.9 Å². The molecule has 2 heterocycles. The number of carbonyl (C=O) groups excluding carboxylic acids is 1. The molecule has 1 atom stereocenters. The summed E-state index contributed by atoms with van der Waals surface area (Å²) in [5, 5.41) is 17.9. The number of hydrogen-bond acceptors (Lipinski definition) is 8. The van der Waals surface area contributed by atoms with Crippen LogP contribution in [0.1, 0.15) is 37.7 Å². The van der Waals surface area contributed by atoms with Gasteiger partial charge >= 0.3 is 0 Å². The van der Waals surface area contributed by atoms with Crippen LogP contribution in [0.2, 0.25) is 0 Å². The molecule has 1 aliphatic carbocycles. The molecule has 184 valence electrons. The normalized spacial score (nSPS) is 17.7. The Morgan fingerprint density at radius 1 is 1.29 bits per heavy atom. The van der Waals surface area contributed by atoms with Crippen LogP contribution in [0.5, 0.6) is 5.75 Å². The number of anilines is 2. The lowest BCUT2D eigenvalue weighted by Gasteiger charge is -2.28. The van der Waals surface area contributed by atoms with Crippen molar-refractivity contribution in [2.75, 3.05) is 31.0 Å². The Hall–Kier alpha value is -2.92. The van der Waals surface area contributed by atoms with Crippen molar-refractivity contribution < 1.29 is 22.7 Å². The van der Waals surface area contributed by atoms with E-state index in [2.05, 4.69) is 15.7 Å². The fourth-order valence-electron chi connectivity index (χ4n) is 4.28. The number of carbonyl (C=O) groups is 1. The second-order valence-corrected chi connectivity index (χ2v) is 11.0. The predicted octanol–water partition coefficient (Wildman–Crippen LogP) is 2.60. The van der Waals surface area contributed by atoms with Crippen molar-refractivity contribution >= 4 is 33.5 Å². The molecule has 1 aromatic heterocycles. The molecule has 3 N–H and O–H groups in total. The van der Waals surface area contributed by atoms with Gasteiger partial charge in [0.05, 0.1) is 12.4 Å². The van der Waals surface area contributed by atoms with Gasteiger partial charge in [0.25, 0.3) is 0 Å². The molecule has 34 heavy (non-hydrogen) atoms. The summed E-state index contributed by atoms with van der Waals surface area (Å²) in [6.07, 6.45) is 6.17. The molecule has 0 bridgehead atoms. The minimum atomic E-state index is -3.65. The molecule has 10 nitrogen and oxygen atoms in total. The lowest BCUT2D eigenvalue weighted by atomic mass is 9.92. The van der Waals surface area contributed by atoms with Crippen LogP contribution in [0.25, 0.3) is 0 Å². The summed E-state index contributed by atoms with van der Waals surface area (Å²) >= 11 is 0. The molecule has 0 spiro atoms. The highest BCUT2D eigenvalue weighted by atomic mass is 32.2. The molecule has 1 aromatic carbocycles. The van der Waals surface area contributed by atoms with Gasteiger partial charge in [0, 0.05) is 50.0 Å². The Morgan fingerprint density at radius 2 is 2.03 bits per heavy atom. The van der Waals surface area contributed by atoms with E-state index in [9.17, 15) is 13.2 Å². The summed E-state index contributed by atoms with van der Waals surface area (Å²) in [5.41, 5.74) is 0.608. The average Bonchev–Trinajstić information content (AvgIpc) is 3.62.